The van der Waals surface area contributed by atoms with E-state index in [0.717, 1.165) is 28.9 Å². The minimum absolute atomic E-state index is 0.0160. The fourth-order valence-corrected chi connectivity index (χ4v) is 3.70. The van der Waals surface area contributed by atoms with Gasteiger partial charge in [-0.3, -0.25) is 14.8 Å². The number of fused-ring (bicyclic) bond motifs is 1. The summed E-state index contributed by atoms with van der Waals surface area (Å²) >= 11 is 0. The Bertz CT molecular complexity index is 1110. The molecule has 3 heterocycles. The van der Waals surface area contributed by atoms with Crippen LogP contribution in [0.3, 0.4) is 0 Å². The number of benzene rings is 1. The van der Waals surface area contributed by atoms with Crippen LogP contribution in [0.1, 0.15) is 32.9 Å². The molecule has 0 atom stereocenters. The maximum atomic E-state index is 13.3. The van der Waals surface area contributed by atoms with Gasteiger partial charge in [0.1, 0.15) is 0 Å². The molecule has 0 saturated heterocycles. The summed E-state index contributed by atoms with van der Waals surface area (Å²) in [7, 11) is 0. The van der Waals surface area contributed by atoms with Gasteiger partial charge in [-0.15, -0.1) is 0 Å². The number of H-pyrrole nitrogens is 1. The van der Waals surface area contributed by atoms with Gasteiger partial charge >= 0.3 is 0 Å². The van der Waals surface area contributed by atoms with E-state index in [0.29, 0.717) is 18.7 Å². The Hall–Kier alpha value is -3.47. The molecule has 0 bridgehead atoms. The van der Waals surface area contributed by atoms with Crippen LogP contribution in [-0.4, -0.2) is 32.3 Å². The highest BCUT2D eigenvalue weighted by Gasteiger charge is 2.18. The third kappa shape index (κ3) is 4.35. The lowest BCUT2D eigenvalue weighted by molar-refractivity contribution is 0.0744. The van der Waals surface area contributed by atoms with Crippen molar-refractivity contribution in [3.8, 4) is 0 Å². The molecule has 0 aliphatic rings. The van der Waals surface area contributed by atoms with Crippen molar-refractivity contribution in [1.82, 2.24) is 19.9 Å². The first-order valence-corrected chi connectivity index (χ1v) is 9.78. The van der Waals surface area contributed by atoms with Crippen LogP contribution in [0.2, 0.25) is 0 Å². The van der Waals surface area contributed by atoms with E-state index in [9.17, 15) is 4.79 Å². The predicted molar refractivity (Wildman–Crippen MR) is 115 cm³/mol. The molecule has 0 radical (unpaired) electrons. The monoisotopic (exact) mass is 384 g/mol. The zero-order valence-electron chi connectivity index (χ0n) is 16.7. The average molecular weight is 384 g/mol. The number of pyridine rings is 2. The number of aryl methyl sites for hydroxylation is 2. The lowest BCUT2D eigenvalue weighted by Crippen LogP contribution is -2.32. The van der Waals surface area contributed by atoms with Crippen LogP contribution in [0.4, 0.5) is 0 Å². The molecule has 0 aliphatic carbocycles. The molecule has 0 unspecified atom stereocenters. The number of hydrogen-bond acceptors (Lipinski definition) is 3. The first-order valence-electron chi connectivity index (χ1n) is 9.78. The van der Waals surface area contributed by atoms with Crippen molar-refractivity contribution in [2.24, 2.45) is 0 Å². The number of carbonyl (C=O) groups is 1. The quantitative estimate of drug-likeness (QED) is 0.534. The standard InChI is InChI=1S/C24H24N4O/c1-17-12-21(13-18(2)27-17)24(29)28(16-19-6-5-10-25-14-19)11-9-20-15-26-23-8-4-3-7-22(20)23/h3-8,10,12-15,26H,9,11,16H2,1-2H3. The van der Waals surface area contributed by atoms with Crippen LogP contribution in [-0.2, 0) is 13.0 Å². The lowest BCUT2D eigenvalue weighted by Gasteiger charge is -2.23. The minimum atomic E-state index is 0.0160. The highest BCUT2D eigenvalue weighted by molar-refractivity contribution is 5.94. The highest BCUT2D eigenvalue weighted by atomic mass is 16.2. The van der Waals surface area contributed by atoms with Gasteiger partial charge in [-0.1, -0.05) is 24.3 Å². The fraction of sp³-hybridized carbons (Fsp3) is 0.208. The molecule has 146 valence electrons. The second-order valence-electron chi connectivity index (χ2n) is 7.34. The third-order valence-electron chi connectivity index (χ3n) is 5.04. The Morgan fingerprint density at radius 2 is 1.86 bits per heavy atom. The van der Waals surface area contributed by atoms with Crippen LogP contribution < -0.4 is 0 Å². The van der Waals surface area contributed by atoms with Crippen LogP contribution in [0.15, 0.2) is 67.1 Å². The Balaban J connectivity index is 1.60. The number of rotatable bonds is 6. The van der Waals surface area contributed by atoms with Gasteiger partial charge in [-0.25, -0.2) is 0 Å². The van der Waals surface area contributed by atoms with Crippen molar-refractivity contribution < 1.29 is 4.79 Å². The van der Waals surface area contributed by atoms with E-state index in [2.05, 4.69) is 27.1 Å². The van der Waals surface area contributed by atoms with Gasteiger partial charge in [0, 0.05) is 59.5 Å². The second kappa shape index (κ2) is 8.27. The van der Waals surface area contributed by atoms with Crippen molar-refractivity contribution in [2.75, 3.05) is 6.54 Å². The maximum Gasteiger partial charge on any atom is 0.254 e. The Morgan fingerprint density at radius 1 is 1.07 bits per heavy atom. The number of carbonyl (C=O) groups excluding carboxylic acids is 1. The summed E-state index contributed by atoms with van der Waals surface area (Å²) in [5.41, 5.74) is 5.73. The van der Waals surface area contributed by atoms with Gasteiger partial charge in [-0.05, 0) is 55.7 Å². The number of amides is 1. The topological polar surface area (TPSA) is 61.9 Å². The van der Waals surface area contributed by atoms with E-state index in [1.807, 2.05) is 67.5 Å². The van der Waals surface area contributed by atoms with Gasteiger partial charge in [0.15, 0.2) is 0 Å². The Labute approximate surface area is 170 Å². The van der Waals surface area contributed by atoms with Crippen molar-refractivity contribution in [2.45, 2.75) is 26.8 Å². The molecule has 0 saturated carbocycles. The molecule has 3 aromatic heterocycles. The van der Waals surface area contributed by atoms with Crippen molar-refractivity contribution in [3.63, 3.8) is 0 Å². The van der Waals surface area contributed by atoms with Crippen LogP contribution in [0, 0.1) is 13.8 Å². The maximum absolute atomic E-state index is 13.3. The molecule has 1 aromatic carbocycles. The highest BCUT2D eigenvalue weighted by Crippen LogP contribution is 2.19. The lowest BCUT2D eigenvalue weighted by atomic mass is 10.1. The molecule has 1 amide bonds. The number of para-hydroxylation sites is 1. The first kappa shape index (κ1) is 18.9. The molecular weight excluding hydrogens is 360 g/mol. The SMILES string of the molecule is Cc1cc(C(=O)N(CCc2c[nH]c3ccccc23)Cc2cccnc2)cc(C)n1. The Kier molecular flexibility index (Phi) is 5.38. The molecule has 0 spiro atoms. The summed E-state index contributed by atoms with van der Waals surface area (Å²) in [6.45, 7) is 4.98. The van der Waals surface area contributed by atoms with E-state index >= 15 is 0 Å². The zero-order chi connectivity index (χ0) is 20.2. The number of hydrogen-bond donors (Lipinski definition) is 1. The molecule has 0 aliphatic heterocycles. The zero-order valence-corrected chi connectivity index (χ0v) is 16.7. The fourth-order valence-electron chi connectivity index (χ4n) is 3.70. The number of aromatic amines is 1. The normalized spacial score (nSPS) is 11.0. The van der Waals surface area contributed by atoms with Gasteiger partial charge in [0.05, 0.1) is 0 Å². The first-order chi connectivity index (χ1) is 14.1. The van der Waals surface area contributed by atoms with Gasteiger partial charge in [0.2, 0.25) is 0 Å². The average Bonchev–Trinajstić information content (AvgIpc) is 3.14. The number of aromatic nitrogens is 3. The molecule has 4 aromatic rings. The van der Waals surface area contributed by atoms with Crippen molar-refractivity contribution in [3.05, 3.63) is 95.2 Å². The van der Waals surface area contributed by atoms with Crippen LogP contribution in [0.25, 0.3) is 10.9 Å². The van der Waals surface area contributed by atoms with Gasteiger partial charge < -0.3 is 9.88 Å². The molecule has 5 heteroatoms. The molecule has 5 nitrogen and oxygen atoms in total. The summed E-state index contributed by atoms with van der Waals surface area (Å²) in [4.78, 5) is 27.2. The number of nitrogens with one attached hydrogen (secondary N) is 1. The third-order valence-corrected chi connectivity index (χ3v) is 5.04. The number of nitrogens with zero attached hydrogens (tertiary/aromatic N) is 3. The largest absolute Gasteiger partial charge is 0.361 e. The summed E-state index contributed by atoms with van der Waals surface area (Å²) in [5.74, 6) is 0.0160. The summed E-state index contributed by atoms with van der Waals surface area (Å²) in [6, 6.07) is 15.9. The molecule has 4 rings (SSSR count). The minimum Gasteiger partial charge on any atom is -0.361 e. The molecule has 29 heavy (non-hydrogen) atoms. The van der Waals surface area contributed by atoms with E-state index < -0.39 is 0 Å². The molecular formula is C24H24N4O. The van der Waals surface area contributed by atoms with E-state index in [-0.39, 0.29) is 5.91 Å². The van der Waals surface area contributed by atoms with Gasteiger partial charge in [0.25, 0.3) is 5.91 Å². The van der Waals surface area contributed by atoms with E-state index in [4.69, 9.17) is 0 Å². The Morgan fingerprint density at radius 3 is 2.62 bits per heavy atom. The van der Waals surface area contributed by atoms with E-state index in [1.165, 1.54) is 10.9 Å². The molecule has 0 fully saturated rings. The second-order valence-corrected chi connectivity index (χ2v) is 7.34. The van der Waals surface area contributed by atoms with Crippen molar-refractivity contribution in [1.29, 1.82) is 0 Å². The smallest absolute Gasteiger partial charge is 0.254 e. The predicted octanol–water partition coefficient (Wildman–Crippen LogP) is 4.46. The van der Waals surface area contributed by atoms with Crippen molar-refractivity contribution >= 4 is 16.8 Å². The summed E-state index contributed by atoms with van der Waals surface area (Å²) < 4.78 is 0. The van der Waals surface area contributed by atoms with Gasteiger partial charge in [-0.2, -0.15) is 0 Å². The summed E-state index contributed by atoms with van der Waals surface area (Å²) in [6.07, 6.45) is 6.38. The van der Waals surface area contributed by atoms with E-state index in [1.54, 1.807) is 6.20 Å². The molecule has 1 N–H and O–H groups in total. The summed E-state index contributed by atoms with van der Waals surface area (Å²) in [5, 5.41) is 1.21. The van der Waals surface area contributed by atoms with Crippen LogP contribution >= 0.6 is 0 Å². The van der Waals surface area contributed by atoms with Crippen LogP contribution in [0.5, 0.6) is 0 Å².